The van der Waals surface area contributed by atoms with Crippen molar-refractivity contribution in [1.82, 2.24) is 0 Å². The standard InChI is InChI=1S/C40H42O9/c1-35-16-28(48-33(42)24(35)9-11-38-19-45-32(41)25(38)5-4-6-29(35)38)22-15-26-23-7-8-30-36(2)17-27(21-10-14-44-18-21)49-37(36,3)12-13-39(30)20-46-34(43)40(23,39)31(22)47-26/h4-8,10,14-15,18,23-28,30-31H,9,11-13,16-17,19-20H2,1-3H3/t23-,24+,25-,26-,27-,28+,30-,31+,35+,36+,37+,38-,39-,40-/m1/s1. The number of esters is 3. The Hall–Kier alpha value is -3.43. The molecule has 14 atom stereocenters. The van der Waals surface area contributed by atoms with E-state index in [1.54, 1.807) is 12.5 Å². The van der Waals surface area contributed by atoms with Crippen LogP contribution < -0.4 is 0 Å². The quantitative estimate of drug-likeness (QED) is 0.222. The Balaban J connectivity index is 0.982. The minimum atomic E-state index is -0.916. The predicted octanol–water partition coefficient (Wildman–Crippen LogP) is 5.73. The number of rotatable bonds is 2. The zero-order valence-electron chi connectivity index (χ0n) is 28.1. The Morgan fingerprint density at radius 1 is 0.898 bits per heavy atom. The highest BCUT2D eigenvalue weighted by Gasteiger charge is 2.83. The maximum atomic E-state index is 14.5. The second kappa shape index (κ2) is 8.89. The third-order valence-electron chi connectivity index (χ3n) is 16.1. The largest absolute Gasteiger partial charge is 0.472 e. The van der Waals surface area contributed by atoms with Gasteiger partial charge in [0, 0.05) is 33.1 Å². The highest BCUT2D eigenvalue weighted by Crippen LogP contribution is 2.78. The molecule has 1 aromatic heterocycles. The highest BCUT2D eigenvalue weighted by molar-refractivity contribution is 5.86. The summed E-state index contributed by atoms with van der Waals surface area (Å²) in [5, 5.41) is 0. The van der Waals surface area contributed by atoms with E-state index in [4.69, 9.17) is 28.1 Å². The summed E-state index contributed by atoms with van der Waals surface area (Å²) in [6, 6.07) is 1.99. The van der Waals surface area contributed by atoms with Crippen molar-refractivity contribution in [1.29, 1.82) is 0 Å². The van der Waals surface area contributed by atoms with E-state index in [0.29, 0.717) is 32.5 Å². The Morgan fingerprint density at radius 3 is 2.61 bits per heavy atom. The van der Waals surface area contributed by atoms with E-state index in [-0.39, 0.29) is 59.2 Å². The van der Waals surface area contributed by atoms with Crippen molar-refractivity contribution >= 4 is 17.9 Å². The molecule has 0 N–H and O–H groups in total. The van der Waals surface area contributed by atoms with Crippen LogP contribution in [-0.2, 0) is 38.1 Å². The maximum absolute atomic E-state index is 14.5. The van der Waals surface area contributed by atoms with Crippen LogP contribution >= 0.6 is 0 Å². The van der Waals surface area contributed by atoms with Gasteiger partial charge < -0.3 is 28.1 Å². The molecule has 0 unspecified atom stereocenters. The third-order valence-corrected chi connectivity index (χ3v) is 16.1. The lowest BCUT2D eigenvalue weighted by molar-refractivity contribution is -0.185. The molecular weight excluding hydrogens is 624 g/mol. The fraction of sp³-hybridized carbons (Fsp3) is 0.625. The summed E-state index contributed by atoms with van der Waals surface area (Å²) in [7, 11) is 0. The van der Waals surface area contributed by atoms with Crippen molar-refractivity contribution in [3.8, 4) is 0 Å². The number of carbonyl (C=O) groups is 3. The van der Waals surface area contributed by atoms with Crippen molar-refractivity contribution < 1.29 is 42.5 Å². The lowest BCUT2D eigenvalue weighted by atomic mass is 9.38. The van der Waals surface area contributed by atoms with Gasteiger partial charge in [-0.1, -0.05) is 49.8 Å². The number of hydrogen-bond acceptors (Lipinski definition) is 9. The van der Waals surface area contributed by atoms with Crippen molar-refractivity contribution in [2.24, 2.45) is 50.7 Å². The monoisotopic (exact) mass is 666 g/mol. The fourth-order valence-electron chi connectivity index (χ4n) is 13.6. The molecule has 4 aliphatic carbocycles. The summed E-state index contributed by atoms with van der Waals surface area (Å²) in [5.74, 6) is -1.33. The van der Waals surface area contributed by atoms with E-state index in [0.717, 1.165) is 36.0 Å². The van der Waals surface area contributed by atoms with Crippen LogP contribution in [0.2, 0.25) is 0 Å². The van der Waals surface area contributed by atoms with E-state index in [1.807, 2.05) is 18.2 Å². The molecule has 3 spiro atoms. The van der Waals surface area contributed by atoms with E-state index >= 15 is 0 Å². The molecule has 2 bridgehead atoms. The molecule has 0 aromatic carbocycles. The minimum Gasteiger partial charge on any atom is -0.472 e. The van der Waals surface area contributed by atoms with Crippen molar-refractivity contribution in [3.63, 3.8) is 0 Å². The number of carbonyl (C=O) groups excluding carboxylic acids is 3. The van der Waals surface area contributed by atoms with Gasteiger partial charge in [-0.2, -0.15) is 0 Å². The molecular formula is C40H42O9. The molecule has 5 saturated heterocycles. The van der Waals surface area contributed by atoms with Gasteiger partial charge in [0.05, 0.1) is 48.8 Å². The SMILES string of the molecule is C[C@@]12C[C@H](c3ccoc3)O[C@@]1(C)CC[C@]13COC(=O)[C@]14[C@H](C=C[C@@H]32)[C@H]1C=C([C@@H]2C[C@]3(C)C5=CC=C[C@@H]6C(=O)OC[C@@]56CC[C@H]3C(=O)O2)[C@@H]4O1. The van der Waals surface area contributed by atoms with Crippen molar-refractivity contribution in [2.75, 3.05) is 13.2 Å². The van der Waals surface area contributed by atoms with Gasteiger partial charge in [-0.25, -0.2) is 0 Å². The van der Waals surface area contributed by atoms with E-state index < -0.39 is 39.5 Å². The second-order valence-electron chi connectivity index (χ2n) is 17.5. The zero-order chi connectivity index (χ0) is 33.3. The summed E-state index contributed by atoms with van der Waals surface area (Å²) >= 11 is 0. The van der Waals surface area contributed by atoms with Gasteiger partial charge in [-0.3, -0.25) is 14.4 Å². The summed E-state index contributed by atoms with van der Waals surface area (Å²) in [5.41, 5.74) is 0.0575. The van der Waals surface area contributed by atoms with Crippen LogP contribution in [0.25, 0.3) is 0 Å². The summed E-state index contributed by atoms with van der Waals surface area (Å²) in [6.07, 6.45) is 19.1. The molecule has 9 nitrogen and oxygen atoms in total. The first-order valence-electron chi connectivity index (χ1n) is 18.2. The first kappa shape index (κ1) is 29.3. The zero-order valence-corrected chi connectivity index (χ0v) is 28.1. The normalized spacial score (nSPS) is 54.0. The number of fused-ring (bicyclic) bond motifs is 7. The molecule has 2 saturated carbocycles. The minimum absolute atomic E-state index is 0.0209. The number of allylic oxidation sites excluding steroid dienone is 3. The summed E-state index contributed by atoms with van der Waals surface area (Å²) < 4.78 is 37.5. The average Bonchev–Trinajstić information content (AvgIpc) is 3.93. The van der Waals surface area contributed by atoms with Crippen LogP contribution in [0, 0.1) is 50.7 Å². The molecule has 11 rings (SSSR count). The van der Waals surface area contributed by atoms with Gasteiger partial charge in [-0.05, 0) is 69.1 Å². The second-order valence-corrected chi connectivity index (χ2v) is 17.5. The van der Waals surface area contributed by atoms with Gasteiger partial charge in [-0.15, -0.1) is 0 Å². The van der Waals surface area contributed by atoms with E-state index in [2.05, 4.69) is 45.1 Å². The van der Waals surface area contributed by atoms with Gasteiger partial charge in [0.25, 0.3) is 0 Å². The molecule has 6 aliphatic heterocycles. The fourth-order valence-corrected chi connectivity index (χ4v) is 13.6. The molecule has 0 amide bonds. The Morgan fingerprint density at radius 2 is 1.78 bits per heavy atom. The molecule has 9 heteroatoms. The molecule has 10 aliphatic rings. The van der Waals surface area contributed by atoms with Crippen LogP contribution in [-0.4, -0.2) is 55.0 Å². The number of furan rings is 1. The lowest BCUT2D eigenvalue weighted by Crippen LogP contribution is -2.67. The van der Waals surface area contributed by atoms with Crippen LogP contribution in [0.4, 0.5) is 0 Å². The van der Waals surface area contributed by atoms with E-state index in [1.165, 1.54) is 0 Å². The Kier molecular flexibility index (Phi) is 5.32. The number of hydrogen-bond donors (Lipinski definition) is 0. The maximum Gasteiger partial charge on any atom is 0.316 e. The predicted molar refractivity (Wildman–Crippen MR) is 171 cm³/mol. The van der Waals surface area contributed by atoms with Gasteiger partial charge in [0.15, 0.2) is 0 Å². The first-order chi connectivity index (χ1) is 23.5. The van der Waals surface area contributed by atoms with Crippen molar-refractivity contribution in [2.45, 2.75) is 89.3 Å². The third kappa shape index (κ3) is 3.06. The molecule has 7 heterocycles. The van der Waals surface area contributed by atoms with E-state index in [9.17, 15) is 14.4 Å². The highest BCUT2D eigenvalue weighted by atomic mass is 16.6. The van der Waals surface area contributed by atoms with Crippen LogP contribution in [0.5, 0.6) is 0 Å². The molecule has 256 valence electrons. The topological polar surface area (TPSA) is 111 Å². The molecule has 7 fully saturated rings. The van der Waals surface area contributed by atoms with Crippen molar-refractivity contribution in [3.05, 3.63) is 71.8 Å². The summed E-state index contributed by atoms with van der Waals surface area (Å²) in [6.45, 7) is 7.45. The van der Waals surface area contributed by atoms with Gasteiger partial charge in [0.1, 0.15) is 24.2 Å². The molecule has 1 aromatic rings. The average molecular weight is 667 g/mol. The summed E-state index contributed by atoms with van der Waals surface area (Å²) in [4.78, 5) is 41.4. The molecule has 49 heavy (non-hydrogen) atoms. The lowest BCUT2D eigenvalue weighted by Gasteiger charge is -2.62. The molecule has 0 radical (unpaired) electrons. The van der Waals surface area contributed by atoms with Crippen LogP contribution in [0.1, 0.15) is 71.0 Å². The number of ether oxygens (including phenoxy) is 5. The van der Waals surface area contributed by atoms with Crippen LogP contribution in [0.15, 0.2) is 70.6 Å². The first-order valence-corrected chi connectivity index (χ1v) is 18.2. The Bertz CT molecular complexity index is 1850. The number of cyclic esters (lactones) is 3. The van der Waals surface area contributed by atoms with Crippen LogP contribution in [0.3, 0.4) is 0 Å². The smallest absolute Gasteiger partial charge is 0.316 e. The Labute approximate surface area is 285 Å². The van der Waals surface area contributed by atoms with Gasteiger partial charge in [0.2, 0.25) is 0 Å². The van der Waals surface area contributed by atoms with Gasteiger partial charge >= 0.3 is 17.9 Å².